The third kappa shape index (κ3) is 5.25. The van der Waals surface area contributed by atoms with Crippen LogP contribution in [0.2, 0.25) is 0 Å². The fourth-order valence-corrected chi connectivity index (χ4v) is 6.82. The highest BCUT2D eigenvalue weighted by Gasteiger charge is 2.49. The Balaban J connectivity index is 1.24. The second-order valence-electron chi connectivity index (χ2n) is 11.7. The van der Waals surface area contributed by atoms with E-state index in [1.807, 2.05) is 18.3 Å². The van der Waals surface area contributed by atoms with Gasteiger partial charge >= 0.3 is 0 Å². The summed E-state index contributed by atoms with van der Waals surface area (Å²) in [5.74, 6) is 0.901. The van der Waals surface area contributed by atoms with E-state index in [-0.39, 0.29) is 28.8 Å². The summed E-state index contributed by atoms with van der Waals surface area (Å²) in [6.07, 6.45) is 7.61. The number of ether oxygens (including phenoxy) is 1. The fourth-order valence-electron chi connectivity index (χ4n) is 6.82. The summed E-state index contributed by atoms with van der Waals surface area (Å²) >= 11 is 0. The standard InChI is InChI=1S/C33H35N5O3/c1-21-13-29(41-2)27(26-9-11-35-31(21)26)20-38-12-10-33(14-23(15-33)17-34)16-28(38)24-4-6-25(7-5-24)32(40)37-19-22-3-8-30(39)36-18-22/h3-9,11,13,18,23,28,35H,10,12,14-16,19-20H2,1-2H3,(H,36,39)(H,37,40). The third-order valence-electron chi connectivity index (χ3n) is 9.09. The lowest BCUT2D eigenvalue weighted by molar-refractivity contribution is -0.0298. The van der Waals surface area contributed by atoms with Crippen LogP contribution < -0.4 is 15.6 Å². The average Bonchev–Trinajstić information content (AvgIpc) is 3.48. The Kier molecular flexibility index (Phi) is 7.14. The molecule has 1 amide bonds. The molecule has 4 aromatic rings. The lowest BCUT2D eigenvalue weighted by Gasteiger charge is -2.53. The van der Waals surface area contributed by atoms with Gasteiger partial charge in [0.2, 0.25) is 5.56 Å². The number of amides is 1. The number of nitriles is 1. The molecule has 6 rings (SSSR count). The maximum atomic E-state index is 12.9. The van der Waals surface area contributed by atoms with Crippen molar-refractivity contribution in [3.63, 3.8) is 0 Å². The van der Waals surface area contributed by atoms with Crippen molar-refractivity contribution in [3.8, 4) is 11.8 Å². The van der Waals surface area contributed by atoms with Crippen LogP contribution in [-0.4, -0.2) is 34.4 Å². The summed E-state index contributed by atoms with van der Waals surface area (Å²) in [6, 6.07) is 18.0. The van der Waals surface area contributed by atoms with Gasteiger partial charge in [-0.1, -0.05) is 18.2 Å². The number of aryl methyl sites for hydroxylation is 1. The van der Waals surface area contributed by atoms with E-state index in [1.54, 1.807) is 19.4 Å². The molecule has 41 heavy (non-hydrogen) atoms. The summed E-state index contributed by atoms with van der Waals surface area (Å²) in [6.45, 7) is 4.12. The highest BCUT2D eigenvalue weighted by Crippen LogP contribution is 2.56. The number of hydrogen-bond acceptors (Lipinski definition) is 5. The number of aromatic amines is 2. The van der Waals surface area contributed by atoms with Gasteiger partial charge in [0.15, 0.2) is 0 Å². The first-order chi connectivity index (χ1) is 19.9. The van der Waals surface area contributed by atoms with E-state index in [9.17, 15) is 14.9 Å². The van der Waals surface area contributed by atoms with Crippen LogP contribution in [0.1, 0.15) is 64.3 Å². The monoisotopic (exact) mass is 549 g/mol. The number of methoxy groups -OCH3 is 1. The van der Waals surface area contributed by atoms with E-state index in [2.05, 4.69) is 57.4 Å². The number of carbonyl (C=O) groups excluding carboxylic acids is 1. The van der Waals surface area contributed by atoms with Gasteiger partial charge in [0, 0.05) is 65.5 Å². The van der Waals surface area contributed by atoms with E-state index in [1.165, 1.54) is 22.6 Å². The number of piperidine rings is 1. The maximum Gasteiger partial charge on any atom is 0.251 e. The molecular weight excluding hydrogens is 514 g/mol. The summed E-state index contributed by atoms with van der Waals surface area (Å²) < 4.78 is 5.85. The molecule has 1 atom stereocenters. The van der Waals surface area contributed by atoms with E-state index in [0.29, 0.717) is 12.1 Å². The van der Waals surface area contributed by atoms with Gasteiger partial charge in [-0.3, -0.25) is 14.5 Å². The van der Waals surface area contributed by atoms with E-state index >= 15 is 0 Å². The predicted molar refractivity (Wildman–Crippen MR) is 157 cm³/mol. The number of hydrogen-bond donors (Lipinski definition) is 3. The van der Waals surface area contributed by atoms with Crippen molar-refractivity contribution in [1.29, 1.82) is 5.26 Å². The number of nitrogens with zero attached hydrogens (tertiary/aromatic N) is 2. The molecule has 1 aliphatic heterocycles. The largest absolute Gasteiger partial charge is 0.496 e. The van der Waals surface area contributed by atoms with Crippen molar-refractivity contribution >= 4 is 16.8 Å². The number of rotatable bonds is 7. The molecule has 2 aliphatic rings. The first-order valence-electron chi connectivity index (χ1n) is 14.2. The molecule has 2 fully saturated rings. The van der Waals surface area contributed by atoms with E-state index in [0.717, 1.165) is 61.2 Å². The first kappa shape index (κ1) is 26.9. The molecular formula is C33H35N5O3. The predicted octanol–water partition coefficient (Wildman–Crippen LogP) is 5.36. The molecule has 1 spiro atoms. The highest BCUT2D eigenvalue weighted by atomic mass is 16.5. The molecule has 0 radical (unpaired) electrons. The van der Waals surface area contributed by atoms with Crippen LogP contribution in [0.15, 0.2) is 65.7 Å². The second-order valence-corrected chi connectivity index (χ2v) is 11.7. The zero-order valence-electron chi connectivity index (χ0n) is 23.5. The second kappa shape index (κ2) is 10.9. The summed E-state index contributed by atoms with van der Waals surface area (Å²) in [5, 5.41) is 13.6. The van der Waals surface area contributed by atoms with Gasteiger partial charge in [0.05, 0.1) is 13.2 Å². The Morgan fingerprint density at radius 2 is 1.95 bits per heavy atom. The summed E-state index contributed by atoms with van der Waals surface area (Å²) in [4.78, 5) is 32.7. The maximum absolute atomic E-state index is 12.9. The minimum Gasteiger partial charge on any atom is -0.496 e. The van der Waals surface area contributed by atoms with Crippen LogP contribution in [0.25, 0.3) is 10.9 Å². The van der Waals surface area contributed by atoms with Gasteiger partial charge < -0.3 is 20.0 Å². The number of H-pyrrole nitrogens is 2. The van der Waals surface area contributed by atoms with E-state index < -0.39 is 0 Å². The average molecular weight is 550 g/mol. The quantitative estimate of drug-likeness (QED) is 0.287. The minimum absolute atomic E-state index is 0.158. The molecule has 8 heteroatoms. The zero-order valence-corrected chi connectivity index (χ0v) is 23.5. The van der Waals surface area contributed by atoms with Crippen molar-refractivity contribution < 1.29 is 9.53 Å². The minimum atomic E-state index is -0.169. The Morgan fingerprint density at radius 1 is 1.15 bits per heavy atom. The number of carbonyl (C=O) groups is 1. The van der Waals surface area contributed by atoms with Crippen LogP contribution in [0.4, 0.5) is 0 Å². The molecule has 1 unspecified atom stereocenters. The van der Waals surface area contributed by atoms with Gasteiger partial charge in [-0.05, 0) is 85.5 Å². The molecule has 2 aromatic heterocycles. The fraction of sp³-hybridized carbons (Fsp3) is 0.364. The molecule has 1 saturated heterocycles. The van der Waals surface area contributed by atoms with Crippen LogP contribution in [0, 0.1) is 29.6 Å². The molecule has 0 bridgehead atoms. The number of aromatic nitrogens is 2. The van der Waals surface area contributed by atoms with Crippen molar-refractivity contribution in [2.75, 3.05) is 13.7 Å². The number of benzene rings is 2. The Labute approximate surface area is 239 Å². The van der Waals surface area contributed by atoms with Crippen molar-refractivity contribution in [1.82, 2.24) is 20.2 Å². The van der Waals surface area contributed by atoms with Crippen LogP contribution >= 0.6 is 0 Å². The normalized spacial score (nSPS) is 22.3. The Hall–Kier alpha value is -4.35. The molecule has 2 aromatic carbocycles. The van der Waals surface area contributed by atoms with Crippen molar-refractivity contribution in [2.45, 2.75) is 51.7 Å². The topological polar surface area (TPSA) is 114 Å². The lowest BCUT2D eigenvalue weighted by Crippen LogP contribution is -2.48. The third-order valence-corrected chi connectivity index (χ3v) is 9.09. The summed E-state index contributed by atoms with van der Waals surface area (Å²) in [7, 11) is 1.73. The van der Waals surface area contributed by atoms with Crippen LogP contribution in [0.3, 0.4) is 0 Å². The van der Waals surface area contributed by atoms with Crippen molar-refractivity contribution in [2.24, 2.45) is 11.3 Å². The van der Waals surface area contributed by atoms with Gasteiger partial charge in [-0.15, -0.1) is 0 Å². The van der Waals surface area contributed by atoms with Gasteiger partial charge in [0.1, 0.15) is 5.75 Å². The van der Waals surface area contributed by atoms with E-state index in [4.69, 9.17) is 4.74 Å². The molecule has 1 saturated carbocycles. The molecule has 210 valence electrons. The lowest BCUT2D eigenvalue weighted by atomic mass is 9.56. The number of pyridine rings is 1. The highest BCUT2D eigenvalue weighted by molar-refractivity contribution is 5.94. The molecule has 8 nitrogen and oxygen atoms in total. The van der Waals surface area contributed by atoms with Crippen LogP contribution in [0.5, 0.6) is 5.75 Å². The molecule has 3 N–H and O–H groups in total. The molecule has 3 heterocycles. The number of fused-ring (bicyclic) bond motifs is 1. The van der Waals surface area contributed by atoms with Gasteiger partial charge in [0.25, 0.3) is 5.91 Å². The van der Waals surface area contributed by atoms with Crippen LogP contribution in [-0.2, 0) is 13.1 Å². The van der Waals surface area contributed by atoms with Gasteiger partial charge in [-0.25, -0.2) is 0 Å². The Bertz CT molecular complexity index is 1650. The zero-order chi connectivity index (χ0) is 28.6. The van der Waals surface area contributed by atoms with Crippen molar-refractivity contribution in [3.05, 3.63) is 99.1 Å². The Morgan fingerprint density at radius 3 is 2.66 bits per heavy atom. The first-order valence-corrected chi connectivity index (χ1v) is 14.2. The number of likely N-dealkylation sites (tertiary alicyclic amines) is 1. The SMILES string of the molecule is COc1cc(C)c2[nH]ccc2c1CN1CCC2(CC(C#N)C2)CC1c1ccc(C(=O)NCc2ccc(=O)[nH]c2)cc1. The smallest absolute Gasteiger partial charge is 0.251 e. The molecule has 1 aliphatic carbocycles. The number of nitrogens with one attached hydrogen (secondary N) is 3. The summed E-state index contributed by atoms with van der Waals surface area (Å²) in [5.41, 5.74) is 6.11. The van der Waals surface area contributed by atoms with Gasteiger partial charge in [-0.2, -0.15) is 5.26 Å².